The molecule has 0 radical (unpaired) electrons. The zero-order valence-corrected chi connectivity index (χ0v) is 17.4. The van der Waals surface area contributed by atoms with E-state index < -0.39 is 0 Å². The smallest absolute Gasteiger partial charge is 0.225 e. The minimum absolute atomic E-state index is 0.0972. The molecule has 1 atom stereocenters. The van der Waals surface area contributed by atoms with Gasteiger partial charge in [0.1, 0.15) is 11.3 Å². The van der Waals surface area contributed by atoms with Crippen molar-refractivity contribution >= 4 is 16.6 Å². The minimum atomic E-state index is -0.0972. The van der Waals surface area contributed by atoms with Crippen LogP contribution < -0.4 is 15.2 Å². The number of aryl methyl sites for hydroxylation is 1. The van der Waals surface area contributed by atoms with Crippen molar-refractivity contribution in [3.8, 4) is 17.4 Å². The predicted molar refractivity (Wildman–Crippen MR) is 121 cm³/mol. The van der Waals surface area contributed by atoms with E-state index in [1.165, 1.54) is 5.56 Å². The highest BCUT2D eigenvalue weighted by Gasteiger charge is 2.35. The van der Waals surface area contributed by atoms with E-state index in [4.69, 9.17) is 20.2 Å². The lowest BCUT2D eigenvalue weighted by atomic mass is 9.80. The zero-order valence-electron chi connectivity index (χ0n) is 17.4. The van der Waals surface area contributed by atoms with Gasteiger partial charge in [-0.25, -0.2) is 4.98 Å². The van der Waals surface area contributed by atoms with Gasteiger partial charge < -0.3 is 15.2 Å². The number of ether oxygens (including phenoxy) is 2. The molecule has 0 amide bonds. The molecule has 1 unspecified atom stereocenters. The monoisotopic (exact) mass is 409 g/mol. The van der Waals surface area contributed by atoms with Crippen LogP contribution in [-0.4, -0.2) is 17.1 Å². The third-order valence-corrected chi connectivity index (χ3v) is 6.51. The second-order valence-electron chi connectivity index (χ2n) is 8.25. The van der Waals surface area contributed by atoms with Gasteiger partial charge in [-0.15, -0.1) is 0 Å². The summed E-state index contributed by atoms with van der Waals surface area (Å²) in [4.78, 5) is 9.61. The largest absolute Gasteiger partial charge is 0.497 e. The van der Waals surface area contributed by atoms with Crippen LogP contribution in [0.3, 0.4) is 0 Å². The quantitative estimate of drug-likeness (QED) is 0.424. The van der Waals surface area contributed by atoms with Crippen LogP contribution >= 0.6 is 0 Å². The first-order chi connectivity index (χ1) is 15.2. The van der Waals surface area contributed by atoms with Crippen molar-refractivity contribution in [2.24, 2.45) is 0 Å². The van der Waals surface area contributed by atoms with Crippen molar-refractivity contribution in [3.05, 3.63) is 82.7 Å². The highest BCUT2D eigenvalue weighted by Crippen LogP contribution is 2.52. The number of benzene rings is 2. The Labute approximate surface area is 180 Å². The molecule has 2 aliphatic rings. The van der Waals surface area contributed by atoms with Gasteiger partial charge in [0.2, 0.25) is 5.88 Å². The SMILES string of the molecule is COc1cccc(C2c3ccc4cccnc4c3Oc3nc4c(c(N)c32)CCCC4)c1. The summed E-state index contributed by atoms with van der Waals surface area (Å²) in [7, 11) is 1.69. The van der Waals surface area contributed by atoms with Gasteiger partial charge in [0.15, 0.2) is 5.75 Å². The molecule has 0 saturated carbocycles. The second kappa shape index (κ2) is 6.98. The van der Waals surface area contributed by atoms with Crippen LogP contribution in [0, 0.1) is 0 Å². The Hall–Kier alpha value is -3.60. The third-order valence-electron chi connectivity index (χ3n) is 6.51. The minimum Gasteiger partial charge on any atom is -0.497 e. The average Bonchev–Trinajstić information content (AvgIpc) is 2.83. The van der Waals surface area contributed by atoms with Crippen LogP contribution in [0.2, 0.25) is 0 Å². The fourth-order valence-electron chi connectivity index (χ4n) is 5.01. The van der Waals surface area contributed by atoms with Crippen LogP contribution in [0.5, 0.6) is 17.4 Å². The molecule has 31 heavy (non-hydrogen) atoms. The highest BCUT2D eigenvalue weighted by atomic mass is 16.5. The van der Waals surface area contributed by atoms with Crippen LogP contribution in [0.15, 0.2) is 54.7 Å². The number of methoxy groups -OCH3 is 1. The molecule has 0 spiro atoms. The molecular formula is C26H23N3O2. The van der Waals surface area contributed by atoms with Crippen molar-refractivity contribution in [2.45, 2.75) is 31.6 Å². The second-order valence-corrected chi connectivity index (χ2v) is 8.25. The fourth-order valence-corrected chi connectivity index (χ4v) is 5.01. The van der Waals surface area contributed by atoms with Crippen LogP contribution in [0.1, 0.15) is 46.7 Å². The number of nitrogens with zero attached hydrogens (tertiary/aromatic N) is 2. The Kier molecular flexibility index (Phi) is 4.10. The number of fused-ring (bicyclic) bond motifs is 5. The molecule has 6 rings (SSSR count). The molecule has 0 bridgehead atoms. The predicted octanol–water partition coefficient (Wildman–Crippen LogP) is 5.39. The van der Waals surface area contributed by atoms with Crippen LogP contribution in [-0.2, 0) is 12.8 Å². The van der Waals surface area contributed by atoms with Gasteiger partial charge >= 0.3 is 0 Å². The summed E-state index contributed by atoms with van der Waals surface area (Å²) in [5.74, 6) is 2.09. The number of hydrogen-bond acceptors (Lipinski definition) is 5. The molecule has 3 heterocycles. The normalized spacial score (nSPS) is 16.7. The van der Waals surface area contributed by atoms with Gasteiger partial charge in [-0.3, -0.25) is 4.98 Å². The Bertz CT molecular complexity index is 1330. The number of nitrogen functional groups attached to an aromatic ring is 1. The van der Waals surface area contributed by atoms with Gasteiger partial charge in [0.25, 0.3) is 0 Å². The summed E-state index contributed by atoms with van der Waals surface area (Å²) in [5.41, 5.74) is 13.9. The maximum Gasteiger partial charge on any atom is 0.225 e. The van der Waals surface area contributed by atoms with Crippen molar-refractivity contribution in [1.29, 1.82) is 0 Å². The first kappa shape index (κ1) is 18.2. The van der Waals surface area contributed by atoms with E-state index in [1.807, 2.05) is 18.2 Å². The maximum atomic E-state index is 6.83. The van der Waals surface area contributed by atoms with Crippen molar-refractivity contribution in [2.75, 3.05) is 12.8 Å². The molecule has 2 aromatic heterocycles. The summed E-state index contributed by atoms with van der Waals surface area (Å²) in [6, 6.07) is 16.4. The molecule has 4 aromatic rings. The molecule has 0 saturated heterocycles. The average molecular weight is 409 g/mol. The van der Waals surface area contributed by atoms with Crippen molar-refractivity contribution in [3.63, 3.8) is 0 Å². The Morgan fingerprint density at radius 3 is 2.87 bits per heavy atom. The molecule has 154 valence electrons. The van der Waals surface area contributed by atoms with Crippen molar-refractivity contribution < 1.29 is 9.47 Å². The fraction of sp³-hybridized carbons (Fsp3) is 0.231. The summed E-state index contributed by atoms with van der Waals surface area (Å²) in [6.45, 7) is 0. The topological polar surface area (TPSA) is 70.3 Å². The Balaban J connectivity index is 1.67. The molecule has 2 aromatic carbocycles. The highest BCUT2D eigenvalue weighted by molar-refractivity contribution is 5.88. The Morgan fingerprint density at radius 1 is 1.06 bits per heavy atom. The number of aromatic nitrogens is 2. The van der Waals surface area contributed by atoms with Gasteiger partial charge in [0, 0.05) is 40.0 Å². The van der Waals surface area contributed by atoms with E-state index in [0.29, 0.717) is 5.88 Å². The number of hydrogen-bond donors (Lipinski definition) is 1. The number of nitrogens with two attached hydrogens (primary N) is 1. The first-order valence-electron chi connectivity index (χ1n) is 10.7. The summed E-state index contributed by atoms with van der Waals surface area (Å²) in [6.07, 6.45) is 6.00. The van der Waals surface area contributed by atoms with E-state index in [0.717, 1.165) is 76.2 Å². The standard InChI is InChI=1S/C26H23N3O2/c1-30-17-8-4-6-16(14-17)21-19-12-11-15-7-5-13-28-24(15)25(19)31-26-22(21)23(27)18-9-2-3-10-20(18)29-26/h4-8,11-14,21H,2-3,9-10H2,1H3,(H2,27,29). The van der Waals surface area contributed by atoms with Crippen molar-refractivity contribution in [1.82, 2.24) is 9.97 Å². The summed E-state index contributed by atoms with van der Waals surface area (Å²) < 4.78 is 12.0. The van der Waals surface area contributed by atoms with Crippen LogP contribution in [0.4, 0.5) is 5.69 Å². The number of anilines is 1. The lowest BCUT2D eigenvalue weighted by Gasteiger charge is -2.32. The van der Waals surface area contributed by atoms with Gasteiger partial charge in [-0.2, -0.15) is 0 Å². The molecule has 5 heteroatoms. The lowest BCUT2D eigenvalue weighted by molar-refractivity contribution is 0.413. The summed E-state index contributed by atoms with van der Waals surface area (Å²) in [5, 5.41) is 1.04. The van der Waals surface area contributed by atoms with E-state index in [1.54, 1.807) is 13.3 Å². The van der Waals surface area contributed by atoms with Gasteiger partial charge in [-0.05, 0) is 55.0 Å². The zero-order chi connectivity index (χ0) is 20.9. The van der Waals surface area contributed by atoms with E-state index in [-0.39, 0.29) is 5.92 Å². The molecule has 5 nitrogen and oxygen atoms in total. The molecule has 0 fully saturated rings. The molecule has 1 aliphatic carbocycles. The maximum absolute atomic E-state index is 6.83. The molecular weight excluding hydrogens is 386 g/mol. The number of pyridine rings is 2. The summed E-state index contributed by atoms with van der Waals surface area (Å²) >= 11 is 0. The number of rotatable bonds is 2. The van der Waals surface area contributed by atoms with Gasteiger partial charge in [0.05, 0.1) is 7.11 Å². The molecule has 1 aliphatic heterocycles. The van der Waals surface area contributed by atoms with E-state index in [2.05, 4.69) is 35.3 Å². The van der Waals surface area contributed by atoms with E-state index >= 15 is 0 Å². The van der Waals surface area contributed by atoms with Crippen LogP contribution in [0.25, 0.3) is 10.9 Å². The third kappa shape index (κ3) is 2.76. The lowest BCUT2D eigenvalue weighted by Crippen LogP contribution is -2.19. The van der Waals surface area contributed by atoms with E-state index in [9.17, 15) is 0 Å². The van der Waals surface area contributed by atoms with Gasteiger partial charge in [-0.1, -0.05) is 30.3 Å². The molecule has 2 N–H and O–H groups in total. The Morgan fingerprint density at radius 2 is 1.97 bits per heavy atom. The first-order valence-corrected chi connectivity index (χ1v) is 10.7.